The van der Waals surface area contributed by atoms with Gasteiger partial charge in [0.1, 0.15) is 0 Å². The summed E-state index contributed by atoms with van der Waals surface area (Å²) in [5, 5.41) is 4.70. The lowest BCUT2D eigenvalue weighted by Gasteiger charge is -2.07. The van der Waals surface area contributed by atoms with Gasteiger partial charge in [0.2, 0.25) is 5.91 Å². The molecule has 6 nitrogen and oxygen atoms in total. The zero-order chi connectivity index (χ0) is 20.1. The molecule has 3 aromatic rings. The van der Waals surface area contributed by atoms with Crippen LogP contribution in [0.1, 0.15) is 16.7 Å². The third kappa shape index (κ3) is 5.05. The molecule has 1 aromatic heterocycles. The lowest BCUT2D eigenvalue weighted by atomic mass is 10.1. The Hall–Kier alpha value is -2.97. The maximum Gasteiger partial charge on any atom is 0.263 e. The minimum absolute atomic E-state index is 0.0894. The highest BCUT2D eigenvalue weighted by molar-refractivity contribution is 7.93. The van der Waals surface area contributed by atoms with Crippen molar-refractivity contribution in [1.82, 2.24) is 4.98 Å². The Kier molecular flexibility index (Phi) is 5.91. The van der Waals surface area contributed by atoms with Gasteiger partial charge in [-0.3, -0.25) is 9.52 Å². The van der Waals surface area contributed by atoms with Gasteiger partial charge in [-0.25, -0.2) is 13.4 Å². The van der Waals surface area contributed by atoms with Gasteiger partial charge in [0.05, 0.1) is 4.90 Å². The van der Waals surface area contributed by atoms with Crippen molar-refractivity contribution < 1.29 is 13.2 Å². The van der Waals surface area contributed by atoms with E-state index < -0.39 is 10.0 Å². The number of amides is 1. The van der Waals surface area contributed by atoms with Gasteiger partial charge in [0.15, 0.2) is 5.13 Å². The summed E-state index contributed by atoms with van der Waals surface area (Å²) in [6, 6.07) is 11.9. The maximum absolute atomic E-state index is 12.3. The van der Waals surface area contributed by atoms with Crippen molar-refractivity contribution in [2.45, 2.75) is 18.7 Å². The quantitative estimate of drug-likeness (QED) is 0.593. The number of carbonyl (C=O) groups excluding carboxylic acids is 1. The molecule has 2 N–H and O–H groups in total. The second-order valence-corrected chi connectivity index (χ2v) is 8.73. The number of sulfonamides is 1. The number of carbonyl (C=O) groups is 1. The van der Waals surface area contributed by atoms with Crippen molar-refractivity contribution in [3.63, 3.8) is 0 Å². The molecular weight excluding hydrogens is 394 g/mol. The third-order valence-corrected chi connectivity index (χ3v) is 6.10. The second kappa shape index (κ2) is 8.37. The molecule has 0 fully saturated rings. The highest BCUT2D eigenvalue weighted by Crippen LogP contribution is 2.19. The predicted molar refractivity (Wildman–Crippen MR) is 113 cm³/mol. The predicted octanol–water partition coefficient (Wildman–Crippen LogP) is 4.21. The number of aromatic nitrogens is 1. The molecule has 0 saturated carbocycles. The summed E-state index contributed by atoms with van der Waals surface area (Å²) in [5.74, 6) is -0.295. The van der Waals surface area contributed by atoms with Gasteiger partial charge in [-0.05, 0) is 55.3 Å². The van der Waals surface area contributed by atoms with E-state index in [1.165, 1.54) is 41.3 Å². The summed E-state index contributed by atoms with van der Waals surface area (Å²) in [4.78, 5) is 16.1. The highest BCUT2D eigenvalue weighted by Gasteiger charge is 2.15. The lowest BCUT2D eigenvalue weighted by molar-refractivity contribution is -0.111. The van der Waals surface area contributed by atoms with E-state index in [-0.39, 0.29) is 10.8 Å². The van der Waals surface area contributed by atoms with Gasteiger partial charge in [-0.15, -0.1) is 11.3 Å². The standard InChI is InChI=1S/C20H19N3O3S2/c1-14-3-4-16(15(2)13-14)5-10-19(24)22-17-6-8-18(9-7-17)28(25,26)23-20-21-11-12-27-20/h3-13H,1-2H3,(H,21,23)(H,22,24)/b10-5+. The fraction of sp³-hybridized carbons (Fsp3) is 0.100. The number of nitrogens with one attached hydrogen (secondary N) is 2. The number of hydrogen-bond acceptors (Lipinski definition) is 5. The summed E-state index contributed by atoms with van der Waals surface area (Å²) >= 11 is 1.20. The van der Waals surface area contributed by atoms with Crippen molar-refractivity contribution in [2.75, 3.05) is 10.0 Å². The Morgan fingerprint density at radius 2 is 1.86 bits per heavy atom. The van der Waals surface area contributed by atoms with Gasteiger partial charge in [-0.1, -0.05) is 23.8 Å². The molecule has 2 aromatic carbocycles. The van der Waals surface area contributed by atoms with E-state index in [1.807, 2.05) is 26.0 Å². The van der Waals surface area contributed by atoms with Crippen LogP contribution >= 0.6 is 11.3 Å². The highest BCUT2D eigenvalue weighted by atomic mass is 32.2. The number of thiazole rings is 1. The summed E-state index contributed by atoms with van der Waals surface area (Å²) in [7, 11) is -3.71. The first-order valence-electron chi connectivity index (χ1n) is 8.42. The molecule has 0 atom stereocenters. The molecule has 0 saturated heterocycles. The van der Waals surface area contributed by atoms with E-state index in [9.17, 15) is 13.2 Å². The van der Waals surface area contributed by atoms with Crippen LogP contribution in [0, 0.1) is 13.8 Å². The second-order valence-electron chi connectivity index (χ2n) is 6.15. The van der Waals surface area contributed by atoms with Crippen LogP contribution in [0.5, 0.6) is 0 Å². The van der Waals surface area contributed by atoms with Crippen LogP contribution in [-0.2, 0) is 14.8 Å². The summed E-state index contributed by atoms with van der Waals surface area (Å²) in [5.41, 5.74) is 3.73. The van der Waals surface area contributed by atoms with Gasteiger partial charge < -0.3 is 5.32 Å². The van der Waals surface area contributed by atoms with Gasteiger partial charge >= 0.3 is 0 Å². The minimum atomic E-state index is -3.71. The Morgan fingerprint density at radius 3 is 2.50 bits per heavy atom. The number of nitrogens with zero attached hydrogens (tertiary/aromatic N) is 1. The fourth-order valence-electron chi connectivity index (χ4n) is 2.53. The molecule has 3 rings (SSSR count). The molecule has 28 heavy (non-hydrogen) atoms. The van der Waals surface area contributed by atoms with E-state index in [4.69, 9.17) is 0 Å². The van der Waals surface area contributed by atoms with E-state index in [1.54, 1.807) is 23.6 Å². The first-order chi connectivity index (χ1) is 13.3. The summed E-state index contributed by atoms with van der Waals surface area (Å²) < 4.78 is 27.0. The van der Waals surface area contributed by atoms with Crippen molar-refractivity contribution in [3.05, 3.63) is 76.8 Å². The summed E-state index contributed by atoms with van der Waals surface area (Å²) in [6.07, 6.45) is 4.72. The average molecular weight is 414 g/mol. The molecule has 0 unspecified atom stereocenters. The first kappa shape index (κ1) is 19.8. The number of aryl methyl sites for hydroxylation is 2. The Bertz CT molecular complexity index is 1100. The van der Waals surface area contributed by atoms with Crippen LogP contribution in [0.3, 0.4) is 0 Å². The van der Waals surface area contributed by atoms with E-state index >= 15 is 0 Å². The Morgan fingerprint density at radius 1 is 1.11 bits per heavy atom. The van der Waals surface area contributed by atoms with Gasteiger partial charge in [0.25, 0.3) is 10.0 Å². The molecule has 1 heterocycles. The first-order valence-corrected chi connectivity index (χ1v) is 10.8. The molecule has 0 bridgehead atoms. The topological polar surface area (TPSA) is 88.2 Å². The van der Waals surface area contributed by atoms with E-state index in [2.05, 4.69) is 21.1 Å². The Balaban J connectivity index is 1.65. The Labute approximate surface area is 168 Å². The molecular formula is C20H19N3O3S2. The number of benzene rings is 2. The molecule has 8 heteroatoms. The zero-order valence-electron chi connectivity index (χ0n) is 15.3. The van der Waals surface area contributed by atoms with E-state index in [0.717, 1.165) is 11.1 Å². The van der Waals surface area contributed by atoms with Crippen LogP contribution in [-0.4, -0.2) is 19.3 Å². The van der Waals surface area contributed by atoms with Crippen molar-refractivity contribution in [3.8, 4) is 0 Å². The normalized spacial score (nSPS) is 11.5. The SMILES string of the molecule is Cc1ccc(/C=C/C(=O)Nc2ccc(S(=O)(=O)Nc3nccs3)cc2)c(C)c1. The smallest absolute Gasteiger partial charge is 0.263 e. The largest absolute Gasteiger partial charge is 0.323 e. The van der Waals surface area contributed by atoms with Crippen LogP contribution in [0.4, 0.5) is 10.8 Å². The average Bonchev–Trinajstić information content (AvgIpc) is 3.14. The van der Waals surface area contributed by atoms with E-state index in [0.29, 0.717) is 10.8 Å². The monoisotopic (exact) mass is 413 g/mol. The van der Waals surface area contributed by atoms with Crippen LogP contribution in [0.2, 0.25) is 0 Å². The number of rotatable bonds is 6. The third-order valence-electron chi connectivity index (χ3n) is 3.93. The molecule has 0 aliphatic heterocycles. The lowest BCUT2D eigenvalue weighted by Crippen LogP contribution is -2.13. The number of anilines is 2. The zero-order valence-corrected chi connectivity index (χ0v) is 17.0. The molecule has 0 spiro atoms. The van der Waals surface area contributed by atoms with Crippen molar-refractivity contribution in [2.24, 2.45) is 0 Å². The molecule has 0 aliphatic rings. The van der Waals surface area contributed by atoms with Crippen LogP contribution in [0.25, 0.3) is 6.08 Å². The fourth-order valence-corrected chi connectivity index (χ4v) is 4.32. The minimum Gasteiger partial charge on any atom is -0.323 e. The molecule has 0 aliphatic carbocycles. The van der Waals surface area contributed by atoms with Crippen LogP contribution < -0.4 is 10.0 Å². The van der Waals surface area contributed by atoms with Gasteiger partial charge in [0, 0.05) is 23.3 Å². The van der Waals surface area contributed by atoms with Crippen LogP contribution in [0.15, 0.2) is 65.0 Å². The maximum atomic E-state index is 12.3. The van der Waals surface area contributed by atoms with Crippen molar-refractivity contribution in [1.29, 1.82) is 0 Å². The molecule has 0 radical (unpaired) electrons. The summed E-state index contributed by atoms with van der Waals surface area (Å²) in [6.45, 7) is 4.01. The molecule has 144 valence electrons. The van der Waals surface area contributed by atoms with Gasteiger partial charge in [-0.2, -0.15) is 0 Å². The molecule has 1 amide bonds. The number of hydrogen-bond donors (Lipinski definition) is 2. The van der Waals surface area contributed by atoms with Crippen molar-refractivity contribution >= 4 is 44.2 Å².